The van der Waals surface area contributed by atoms with Gasteiger partial charge in [0.1, 0.15) is 17.5 Å². The van der Waals surface area contributed by atoms with Gasteiger partial charge in [-0.1, -0.05) is 35.3 Å². The van der Waals surface area contributed by atoms with Crippen LogP contribution in [0.1, 0.15) is 5.56 Å². The molecule has 0 unspecified atom stereocenters. The molecule has 0 aliphatic carbocycles. The second-order valence-corrected chi connectivity index (χ2v) is 6.07. The molecular formula is C17H6Cl2F6N2. The first kappa shape index (κ1) is 19.4. The van der Waals surface area contributed by atoms with Crippen molar-refractivity contribution in [1.29, 1.82) is 0 Å². The normalized spacial score (nSPS) is 11.7. The maximum Gasteiger partial charge on any atom is 0.416 e. The van der Waals surface area contributed by atoms with Crippen LogP contribution in [0.25, 0.3) is 22.3 Å². The second-order valence-electron chi connectivity index (χ2n) is 5.35. The molecule has 10 heteroatoms. The molecular weight excluding hydrogens is 417 g/mol. The van der Waals surface area contributed by atoms with Gasteiger partial charge in [-0.25, -0.2) is 13.2 Å². The summed E-state index contributed by atoms with van der Waals surface area (Å²) in [6, 6.07) is 4.66. The monoisotopic (exact) mass is 422 g/mol. The summed E-state index contributed by atoms with van der Waals surface area (Å²) in [5.41, 5.74) is -2.66. The van der Waals surface area contributed by atoms with Crippen molar-refractivity contribution in [1.82, 2.24) is 10.2 Å². The summed E-state index contributed by atoms with van der Waals surface area (Å²) in [5.74, 6) is -3.84. The second kappa shape index (κ2) is 7.01. The van der Waals surface area contributed by atoms with Gasteiger partial charge in [0.05, 0.1) is 11.1 Å². The SMILES string of the molecule is Fc1cc(F)c(-c2c(Cl)nnc(Cl)c2-c2cccc(C(F)(F)F)c2)c(F)c1. The van der Waals surface area contributed by atoms with Gasteiger partial charge in [-0.15, -0.1) is 10.2 Å². The molecule has 27 heavy (non-hydrogen) atoms. The Hall–Kier alpha value is -2.32. The van der Waals surface area contributed by atoms with Gasteiger partial charge < -0.3 is 0 Å². The molecule has 2 nitrogen and oxygen atoms in total. The summed E-state index contributed by atoms with van der Waals surface area (Å²) >= 11 is 11.9. The minimum Gasteiger partial charge on any atom is -0.207 e. The fourth-order valence-electron chi connectivity index (χ4n) is 2.52. The number of halogens is 8. The maximum atomic E-state index is 14.3. The van der Waals surface area contributed by atoms with E-state index in [1.165, 1.54) is 6.07 Å². The number of aromatic nitrogens is 2. The number of rotatable bonds is 2. The minimum atomic E-state index is -4.67. The molecule has 0 N–H and O–H groups in total. The minimum absolute atomic E-state index is 0.148. The van der Waals surface area contributed by atoms with Crippen LogP contribution in [0.4, 0.5) is 26.3 Å². The van der Waals surface area contributed by atoms with E-state index < -0.39 is 50.6 Å². The van der Waals surface area contributed by atoms with Gasteiger partial charge in [-0.3, -0.25) is 0 Å². The average molecular weight is 423 g/mol. The first-order valence-corrected chi connectivity index (χ1v) is 7.89. The standard InChI is InChI=1S/C17H6Cl2F6N2/c18-15-12(7-2-1-3-8(4-7)17(23,24)25)14(16(19)27-26-15)13-10(21)5-9(20)6-11(13)22/h1-6H. The van der Waals surface area contributed by atoms with E-state index in [0.717, 1.165) is 18.2 Å². The lowest BCUT2D eigenvalue weighted by Crippen LogP contribution is -2.05. The Morgan fingerprint density at radius 2 is 1.30 bits per heavy atom. The van der Waals surface area contributed by atoms with Crippen LogP contribution < -0.4 is 0 Å². The molecule has 3 rings (SSSR count). The van der Waals surface area contributed by atoms with Crippen molar-refractivity contribution in [2.75, 3.05) is 0 Å². The van der Waals surface area contributed by atoms with Crippen LogP contribution in [0.5, 0.6) is 0 Å². The van der Waals surface area contributed by atoms with Crippen molar-refractivity contribution >= 4 is 23.2 Å². The molecule has 140 valence electrons. The zero-order chi connectivity index (χ0) is 19.9. The highest BCUT2D eigenvalue weighted by atomic mass is 35.5. The van der Waals surface area contributed by atoms with Crippen LogP contribution in [0.15, 0.2) is 36.4 Å². The molecule has 0 aliphatic rings. The molecule has 0 saturated carbocycles. The summed E-state index contributed by atoms with van der Waals surface area (Å²) in [6.45, 7) is 0. The number of benzene rings is 2. The zero-order valence-electron chi connectivity index (χ0n) is 12.9. The van der Waals surface area contributed by atoms with E-state index in [4.69, 9.17) is 23.2 Å². The highest BCUT2D eigenvalue weighted by molar-refractivity contribution is 6.36. The highest BCUT2D eigenvalue weighted by Gasteiger charge is 2.31. The first-order chi connectivity index (χ1) is 12.6. The fourth-order valence-corrected chi connectivity index (χ4v) is 2.99. The Kier molecular flexibility index (Phi) is 5.05. The molecule has 0 atom stereocenters. The highest BCUT2D eigenvalue weighted by Crippen LogP contribution is 2.43. The van der Waals surface area contributed by atoms with Crippen molar-refractivity contribution in [3.63, 3.8) is 0 Å². The van der Waals surface area contributed by atoms with Crippen LogP contribution in [-0.2, 0) is 6.18 Å². The third kappa shape index (κ3) is 3.72. The molecule has 1 aromatic heterocycles. The quantitative estimate of drug-likeness (QED) is 0.437. The summed E-state index contributed by atoms with van der Waals surface area (Å²) < 4.78 is 80.8. The fraction of sp³-hybridized carbons (Fsp3) is 0.0588. The smallest absolute Gasteiger partial charge is 0.207 e. The summed E-state index contributed by atoms with van der Waals surface area (Å²) in [4.78, 5) is 0. The number of nitrogens with zero attached hydrogens (tertiary/aromatic N) is 2. The largest absolute Gasteiger partial charge is 0.416 e. The van der Waals surface area contributed by atoms with Gasteiger partial charge >= 0.3 is 6.18 Å². The Morgan fingerprint density at radius 1 is 0.741 bits per heavy atom. The van der Waals surface area contributed by atoms with E-state index in [-0.39, 0.29) is 11.1 Å². The van der Waals surface area contributed by atoms with Crippen LogP contribution in [0, 0.1) is 17.5 Å². The van der Waals surface area contributed by atoms with Gasteiger partial charge in [0, 0.05) is 23.3 Å². The molecule has 0 spiro atoms. The number of alkyl halides is 3. The third-order valence-corrected chi connectivity index (χ3v) is 4.15. The van der Waals surface area contributed by atoms with Crippen molar-refractivity contribution in [2.45, 2.75) is 6.18 Å². The first-order valence-electron chi connectivity index (χ1n) is 7.14. The van der Waals surface area contributed by atoms with Gasteiger partial charge in [-0.05, 0) is 17.7 Å². The molecule has 0 bridgehead atoms. The van der Waals surface area contributed by atoms with Crippen LogP contribution in [0.3, 0.4) is 0 Å². The summed E-state index contributed by atoms with van der Waals surface area (Å²) in [5, 5.41) is 5.99. The Balaban J connectivity index is 2.36. The molecule has 3 aromatic rings. The lowest BCUT2D eigenvalue weighted by Gasteiger charge is -2.15. The molecule has 1 heterocycles. The van der Waals surface area contributed by atoms with Crippen LogP contribution >= 0.6 is 23.2 Å². The lowest BCUT2D eigenvalue weighted by atomic mass is 9.95. The van der Waals surface area contributed by atoms with Gasteiger partial charge in [-0.2, -0.15) is 13.2 Å². The van der Waals surface area contributed by atoms with Crippen molar-refractivity contribution < 1.29 is 26.3 Å². The Bertz CT molecular complexity index is 1010. The van der Waals surface area contributed by atoms with Crippen LogP contribution in [-0.4, -0.2) is 10.2 Å². The Labute approximate surface area is 158 Å². The Morgan fingerprint density at radius 3 is 1.85 bits per heavy atom. The van der Waals surface area contributed by atoms with E-state index in [1.807, 2.05) is 0 Å². The van der Waals surface area contributed by atoms with Gasteiger partial charge in [0.25, 0.3) is 0 Å². The van der Waals surface area contributed by atoms with Crippen LogP contribution in [0.2, 0.25) is 10.3 Å². The molecule has 0 saturated heterocycles. The van der Waals surface area contributed by atoms with Crippen molar-refractivity contribution in [3.8, 4) is 22.3 Å². The van der Waals surface area contributed by atoms with E-state index in [9.17, 15) is 26.3 Å². The maximum absolute atomic E-state index is 14.3. The zero-order valence-corrected chi connectivity index (χ0v) is 14.4. The van der Waals surface area contributed by atoms with E-state index in [2.05, 4.69) is 10.2 Å². The van der Waals surface area contributed by atoms with Gasteiger partial charge in [0.2, 0.25) is 0 Å². The van der Waals surface area contributed by atoms with Gasteiger partial charge in [0.15, 0.2) is 10.3 Å². The third-order valence-electron chi connectivity index (χ3n) is 3.62. The lowest BCUT2D eigenvalue weighted by molar-refractivity contribution is -0.137. The van der Waals surface area contributed by atoms with Crippen molar-refractivity contribution in [3.05, 3.63) is 69.7 Å². The van der Waals surface area contributed by atoms with E-state index in [0.29, 0.717) is 12.1 Å². The number of hydrogen-bond donors (Lipinski definition) is 0. The molecule has 0 amide bonds. The average Bonchev–Trinajstić information content (AvgIpc) is 2.56. The summed E-state index contributed by atoms with van der Waals surface area (Å²) in [6.07, 6.45) is -4.67. The topological polar surface area (TPSA) is 25.8 Å². The number of hydrogen-bond acceptors (Lipinski definition) is 2. The predicted octanol–water partition coefficient (Wildman–Crippen LogP) is 6.55. The molecule has 0 aliphatic heterocycles. The van der Waals surface area contributed by atoms with Crippen molar-refractivity contribution in [2.24, 2.45) is 0 Å². The van der Waals surface area contributed by atoms with E-state index >= 15 is 0 Å². The molecule has 0 fully saturated rings. The van der Waals surface area contributed by atoms with E-state index in [1.54, 1.807) is 0 Å². The predicted molar refractivity (Wildman–Crippen MR) is 87.8 cm³/mol. The molecule has 0 radical (unpaired) electrons. The summed E-state index contributed by atoms with van der Waals surface area (Å²) in [7, 11) is 0. The molecule has 2 aromatic carbocycles.